The van der Waals surface area contributed by atoms with Crippen molar-refractivity contribution in [3.05, 3.63) is 77.1 Å². The summed E-state index contributed by atoms with van der Waals surface area (Å²) < 4.78 is 16.0. The van der Waals surface area contributed by atoms with Crippen LogP contribution in [-0.4, -0.2) is 66.3 Å². The maximum Gasteiger partial charge on any atom is 0.269 e. The van der Waals surface area contributed by atoms with Crippen molar-refractivity contribution in [2.24, 2.45) is 5.73 Å². The van der Waals surface area contributed by atoms with Gasteiger partial charge in [0.25, 0.3) is 5.91 Å². The molecule has 0 saturated carbocycles. The highest BCUT2D eigenvalue weighted by molar-refractivity contribution is 7.14. The Hall–Kier alpha value is -5.04. The van der Waals surface area contributed by atoms with Gasteiger partial charge in [-0.1, -0.05) is 18.2 Å². The van der Waals surface area contributed by atoms with Crippen molar-refractivity contribution in [1.82, 2.24) is 29.9 Å². The maximum atomic E-state index is 14.7. The summed E-state index contributed by atoms with van der Waals surface area (Å²) in [7, 11) is 0. The Labute approximate surface area is 261 Å². The molecule has 1 aliphatic carbocycles. The third-order valence-corrected chi connectivity index (χ3v) is 9.20. The Balaban J connectivity index is 1.08. The maximum absolute atomic E-state index is 14.7. The van der Waals surface area contributed by atoms with Gasteiger partial charge in [0.15, 0.2) is 10.8 Å². The summed E-state index contributed by atoms with van der Waals surface area (Å²) in [4.78, 5) is 44.9. The van der Waals surface area contributed by atoms with Crippen LogP contribution in [0.1, 0.15) is 40.9 Å². The molecule has 1 saturated heterocycles. The topological polar surface area (TPSA) is 149 Å². The van der Waals surface area contributed by atoms with Gasteiger partial charge >= 0.3 is 0 Å². The molecule has 45 heavy (non-hydrogen) atoms. The van der Waals surface area contributed by atoms with Gasteiger partial charge in [-0.25, -0.2) is 9.37 Å². The summed E-state index contributed by atoms with van der Waals surface area (Å²) in [5, 5.41) is 17.5. The van der Waals surface area contributed by atoms with E-state index < -0.39 is 29.9 Å². The molecule has 11 nitrogen and oxygen atoms in total. The Morgan fingerprint density at radius 1 is 1.00 bits per heavy atom. The minimum absolute atomic E-state index is 0.000695. The molecule has 4 heterocycles. The number of aromatic nitrogens is 5. The van der Waals surface area contributed by atoms with E-state index in [0.717, 1.165) is 35.2 Å². The van der Waals surface area contributed by atoms with Crippen LogP contribution < -0.4 is 11.1 Å². The van der Waals surface area contributed by atoms with Crippen LogP contribution >= 0.6 is 11.3 Å². The number of primary amides is 1. The third kappa shape index (κ3) is 5.66. The minimum atomic E-state index is -1.36. The number of nitrogens with two attached hydrogens (primary N) is 1. The van der Waals surface area contributed by atoms with E-state index in [4.69, 9.17) is 5.73 Å². The number of halogens is 1. The molecule has 3 aromatic heterocycles. The number of hydrogen-bond acceptors (Lipinski definition) is 8. The number of alkyl halides is 1. The number of nitrogens with zero attached hydrogens (tertiary/aromatic N) is 6. The average Bonchev–Trinajstić information content (AvgIpc) is 3.78. The zero-order chi connectivity index (χ0) is 31.1. The van der Waals surface area contributed by atoms with Crippen LogP contribution in [0.5, 0.6) is 0 Å². The molecule has 2 atom stereocenters. The van der Waals surface area contributed by atoms with E-state index in [0.29, 0.717) is 16.0 Å². The molecule has 3 amide bonds. The number of hydrogen-bond donors (Lipinski definition) is 2. The van der Waals surface area contributed by atoms with Crippen molar-refractivity contribution >= 4 is 45.1 Å². The Kier molecular flexibility index (Phi) is 7.53. The Bertz CT molecular complexity index is 1940. The number of anilines is 1. The summed E-state index contributed by atoms with van der Waals surface area (Å²) in [5.41, 5.74) is 12.1. The molecule has 0 radical (unpaired) electrons. The molecule has 13 heteroatoms. The first-order valence-electron chi connectivity index (χ1n) is 14.7. The number of amides is 3. The largest absolute Gasteiger partial charge is 0.364 e. The van der Waals surface area contributed by atoms with Crippen LogP contribution in [0.25, 0.3) is 33.3 Å². The van der Waals surface area contributed by atoms with Gasteiger partial charge in [0.05, 0.1) is 30.1 Å². The zero-order valence-corrected chi connectivity index (χ0v) is 25.0. The van der Waals surface area contributed by atoms with Crippen LogP contribution in [0.15, 0.2) is 60.2 Å². The summed E-state index contributed by atoms with van der Waals surface area (Å²) in [5.74, 6) is -1.77. The highest BCUT2D eigenvalue weighted by atomic mass is 32.1. The van der Waals surface area contributed by atoms with Crippen molar-refractivity contribution in [3.8, 4) is 22.4 Å². The van der Waals surface area contributed by atoms with Gasteiger partial charge in [-0.05, 0) is 66.6 Å². The number of rotatable bonds is 7. The van der Waals surface area contributed by atoms with E-state index in [1.165, 1.54) is 44.9 Å². The molecule has 0 spiro atoms. The van der Waals surface area contributed by atoms with Crippen LogP contribution in [0.3, 0.4) is 0 Å². The summed E-state index contributed by atoms with van der Waals surface area (Å²) in [6, 6.07) is 12.4. The minimum Gasteiger partial charge on any atom is -0.364 e. The standard InChI is InChI=1S/C32H29FN8O3S/c33-23-13-27(31(44)38-32-37-25(17-45-32)21-6-5-18-3-1-2-4-19(18)11-21)40(15-23)28(42)16-41-26-8-7-20(22-9-10-35-36-14-22)12-24(26)29(39-41)30(34)43/h5-12,14,17,23,27H,1-4,13,15-16H2,(H2,34,43)(H,37,38,44). The lowest BCUT2D eigenvalue weighted by Crippen LogP contribution is -2.44. The molecule has 0 bridgehead atoms. The predicted molar refractivity (Wildman–Crippen MR) is 167 cm³/mol. The number of nitrogens with one attached hydrogen (secondary N) is 1. The molecular formula is C32H29FN8O3S. The highest BCUT2D eigenvalue weighted by Crippen LogP contribution is 2.31. The second-order valence-corrected chi connectivity index (χ2v) is 12.2. The van der Waals surface area contributed by atoms with E-state index in [2.05, 4.69) is 43.8 Å². The number of likely N-dealkylation sites (tertiary alicyclic amines) is 1. The summed E-state index contributed by atoms with van der Waals surface area (Å²) in [6.07, 6.45) is 6.18. The van der Waals surface area contributed by atoms with Gasteiger partial charge in [-0.3, -0.25) is 19.1 Å². The number of benzene rings is 2. The van der Waals surface area contributed by atoms with Crippen molar-refractivity contribution in [2.75, 3.05) is 11.9 Å². The molecule has 1 fully saturated rings. The molecule has 228 valence electrons. The van der Waals surface area contributed by atoms with E-state index in [1.54, 1.807) is 30.6 Å². The van der Waals surface area contributed by atoms with Crippen LogP contribution in [0.2, 0.25) is 0 Å². The van der Waals surface area contributed by atoms with E-state index in [9.17, 15) is 18.8 Å². The monoisotopic (exact) mass is 624 g/mol. The first-order valence-corrected chi connectivity index (χ1v) is 15.6. The Morgan fingerprint density at radius 2 is 1.82 bits per heavy atom. The lowest BCUT2D eigenvalue weighted by Gasteiger charge is -2.23. The van der Waals surface area contributed by atoms with Crippen LogP contribution in [0, 0.1) is 0 Å². The Morgan fingerprint density at radius 3 is 2.62 bits per heavy atom. The van der Waals surface area contributed by atoms with Gasteiger partial charge in [0.1, 0.15) is 18.8 Å². The average molecular weight is 625 g/mol. The lowest BCUT2D eigenvalue weighted by atomic mass is 9.90. The van der Waals surface area contributed by atoms with E-state index in [-0.39, 0.29) is 25.2 Å². The van der Waals surface area contributed by atoms with Crippen molar-refractivity contribution in [1.29, 1.82) is 0 Å². The van der Waals surface area contributed by atoms with Gasteiger partial charge in [0, 0.05) is 28.3 Å². The number of thiazole rings is 1. The fourth-order valence-corrected chi connectivity index (χ4v) is 6.92. The van der Waals surface area contributed by atoms with Crippen LogP contribution in [0.4, 0.5) is 9.52 Å². The molecule has 2 aliphatic rings. The van der Waals surface area contributed by atoms with Crippen molar-refractivity contribution in [3.63, 3.8) is 0 Å². The predicted octanol–water partition coefficient (Wildman–Crippen LogP) is 4.17. The fourth-order valence-electron chi connectivity index (χ4n) is 6.20. The van der Waals surface area contributed by atoms with Gasteiger partial charge in [-0.15, -0.1) is 11.3 Å². The molecule has 2 unspecified atom stereocenters. The number of carbonyl (C=O) groups excluding carboxylic acids is 3. The highest BCUT2D eigenvalue weighted by Gasteiger charge is 2.40. The number of fused-ring (bicyclic) bond motifs is 2. The summed E-state index contributed by atoms with van der Waals surface area (Å²) >= 11 is 1.28. The third-order valence-electron chi connectivity index (χ3n) is 8.44. The fraction of sp³-hybridized carbons (Fsp3) is 0.281. The molecule has 2 aromatic carbocycles. The van der Waals surface area contributed by atoms with Gasteiger partial charge in [0.2, 0.25) is 11.8 Å². The molecular weight excluding hydrogens is 595 g/mol. The first kappa shape index (κ1) is 28.7. The lowest BCUT2D eigenvalue weighted by molar-refractivity contribution is -0.137. The quantitative estimate of drug-likeness (QED) is 0.276. The van der Waals surface area contributed by atoms with Crippen molar-refractivity contribution < 1.29 is 18.8 Å². The van der Waals surface area contributed by atoms with E-state index in [1.807, 2.05) is 11.4 Å². The molecule has 1 aliphatic heterocycles. The zero-order valence-electron chi connectivity index (χ0n) is 24.1. The SMILES string of the molecule is NC(=O)c1nn(CC(=O)N2CC(F)CC2C(=O)Nc2nc(-c3ccc4c(c3)CCCC4)cs2)c2ccc(-c3ccnnc3)cc12. The second-order valence-electron chi connectivity index (χ2n) is 11.3. The first-order chi connectivity index (χ1) is 21.8. The smallest absolute Gasteiger partial charge is 0.269 e. The van der Waals surface area contributed by atoms with Crippen LogP contribution in [-0.2, 0) is 29.0 Å². The number of carbonyl (C=O) groups is 3. The summed E-state index contributed by atoms with van der Waals surface area (Å²) in [6.45, 7) is -0.535. The molecule has 3 N–H and O–H groups in total. The molecule has 5 aromatic rings. The van der Waals surface area contributed by atoms with Crippen molar-refractivity contribution in [2.45, 2.75) is 50.9 Å². The van der Waals surface area contributed by atoms with Gasteiger partial charge in [-0.2, -0.15) is 15.3 Å². The normalized spacial score (nSPS) is 17.8. The van der Waals surface area contributed by atoms with Gasteiger partial charge < -0.3 is 16.0 Å². The number of aryl methyl sites for hydroxylation is 2. The molecule has 7 rings (SSSR count). The van der Waals surface area contributed by atoms with E-state index >= 15 is 0 Å². The second kappa shape index (κ2) is 11.8.